The second-order valence-corrected chi connectivity index (χ2v) is 8.83. The molecule has 3 N–H and O–H groups in total. The Labute approximate surface area is 203 Å². The molecule has 0 atom stereocenters. The molecule has 5 aromatic rings. The molecule has 0 unspecified atom stereocenters. The Morgan fingerprint density at radius 1 is 0.914 bits per heavy atom. The van der Waals surface area contributed by atoms with Gasteiger partial charge in [-0.3, -0.25) is 19.7 Å². The standard InChI is InChI=1S/C28H26N6O/c1-17(2)21-7-4-8-23(32-21)27-26(19-10-11-22-24(16-19)31-14-13-30-22)33-25(34-27)12-9-18-5-3-6-20(15-18)28(29)35/h3-8,10-11,13-17H,9,12H2,1-2H3,(H2,29,35)(H,33,34). The van der Waals surface area contributed by atoms with Gasteiger partial charge in [-0.25, -0.2) is 4.98 Å². The van der Waals surface area contributed by atoms with Crippen LogP contribution in [0.4, 0.5) is 0 Å². The first-order valence-electron chi connectivity index (χ1n) is 11.6. The lowest BCUT2D eigenvalue weighted by Gasteiger charge is -2.08. The van der Waals surface area contributed by atoms with E-state index in [4.69, 9.17) is 15.7 Å². The molecule has 7 heteroatoms. The van der Waals surface area contributed by atoms with Crippen molar-refractivity contribution in [2.24, 2.45) is 5.73 Å². The van der Waals surface area contributed by atoms with Gasteiger partial charge < -0.3 is 10.7 Å². The summed E-state index contributed by atoms with van der Waals surface area (Å²) in [5.74, 6) is 0.731. The highest BCUT2D eigenvalue weighted by molar-refractivity contribution is 5.92. The molecule has 0 saturated heterocycles. The van der Waals surface area contributed by atoms with Crippen molar-refractivity contribution in [3.05, 3.63) is 95.7 Å². The maximum atomic E-state index is 11.5. The first kappa shape index (κ1) is 22.4. The van der Waals surface area contributed by atoms with Crippen molar-refractivity contribution in [3.8, 4) is 22.6 Å². The molecule has 5 rings (SSSR count). The van der Waals surface area contributed by atoms with Gasteiger partial charge in [0.2, 0.25) is 5.91 Å². The summed E-state index contributed by atoms with van der Waals surface area (Å²) in [6, 6.07) is 19.5. The fraction of sp³-hybridized carbons (Fsp3) is 0.179. The van der Waals surface area contributed by atoms with Gasteiger partial charge in [0.05, 0.1) is 28.1 Å². The molecule has 0 radical (unpaired) electrons. The summed E-state index contributed by atoms with van der Waals surface area (Å²) >= 11 is 0. The van der Waals surface area contributed by atoms with Gasteiger partial charge in [0, 0.05) is 35.6 Å². The maximum absolute atomic E-state index is 11.5. The number of nitrogens with two attached hydrogens (primary N) is 1. The molecule has 174 valence electrons. The number of carbonyl (C=O) groups is 1. The second kappa shape index (κ2) is 9.46. The van der Waals surface area contributed by atoms with Crippen LogP contribution in [0.5, 0.6) is 0 Å². The van der Waals surface area contributed by atoms with Crippen molar-refractivity contribution in [1.82, 2.24) is 24.9 Å². The third-order valence-corrected chi connectivity index (χ3v) is 5.98. The summed E-state index contributed by atoms with van der Waals surface area (Å²) < 4.78 is 0. The topological polar surface area (TPSA) is 110 Å². The van der Waals surface area contributed by atoms with Crippen LogP contribution in [-0.2, 0) is 12.8 Å². The highest BCUT2D eigenvalue weighted by Gasteiger charge is 2.17. The molecule has 0 aliphatic carbocycles. The summed E-state index contributed by atoms with van der Waals surface area (Å²) in [4.78, 5) is 33.8. The first-order valence-corrected chi connectivity index (χ1v) is 11.6. The number of fused-ring (bicyclic) bond motifs is 1. The van der Waals surface area contributed by atoms with Crippen LogP contribution < -0.4 is 5.73 Å². The van der Waals surface area contributed by atoms with E-state index in [1.54, 1.807) is 18.5 Å². The van der Waals surface area contributed by atoms with E-state index >= 15 is 0 Å². The number of hydrogen-bond acceptors (Lipinski definition) is 5. The third kappa shape index (κ3) is 4.80. The Morgan fingerprint density at radius 2 is 1.71 bits per heavy atom. The summed E-state index contributed by atoms with van der Waals surface area (Å²) in [5, 5.41) is 0. The fourth-order valence-corrected chi connectivity index (χ4v) is 4.10. The number of imidazole rings is 1. The number of pyridine rings is 1. The molecule has 0 saturated carbocycles. The van der Waals surface area contributed by atoms with E-state index in [1.165, 1.54) is 0 Å². The van der Waals surface area contributed by atoms with Gasteiger partial charge in [-0.1, -0.05) is 38.1 Å². The van der Waals surface area contributed by atoms with Crippen LogP contribution in [0.2, 0.25) is 0 Å². The molecule has 1 amide bonds. The van der Waals surface area contributed by atoms with E-state index in [0.29, 0.717) is 17.9 Å². The number of benzene rings is 2. The van der Waals surface area contributed by atoms with Crippen LogP contribution in [0.25, 0.3) is 33.7 Å². The second-order valence-electron chi connectivity index (χ2n) is 8.83. The zero-order chi connectivity index (χ0) is 24.4. The molecule has 0 bridgehead atoms. The minimum Gasteiger partial charge on any atom is -0.366 e. The molecule has 0 fully saturated rings. The molecular weight excluding hydrogens is 436 g/mol. The number of rotatable bonds is 7. The van der Waals surface area contributed by atoms with E-state index < -0.39 is 5.91 Å². The molecule has 0 aliphatic rings. The van der Waals surface area contributed by atoms with Gasteiger partial charge in [-0.15, -0.1) is 0 Å². The molecule has 2 aromatic carbocycles. The van der Waals surface area contributed by atoms with Crippen molar-refractivity contribution in [2.75, 3.05) is 0 Å². The predicted molar refractivity (Wildman–Crippen MR) is 137 cm³/mol. The largest absolute Gasteiger partial charge is 0.366 e. The van der Waals surface area contributed by atoms with Crippen molar-refractivity contribution in [3.63, 3.8) is 0 Å². The minimum absolute atomic E-state index is 0.314. The average Bonchev–Trinajstić information content (AvgIpc) is 3.32. The number of amides is 1. The smallest absolute Gasteiger partial charge is 0.248 e. The van der Waals surface area contributed by atoms with Crippen molar-refractivity contribution < 1.29 is 4.79 Å². The molecule has 0 spiro atoms. The summed E-state index contributed by atoms with van der Waals surface area (Å²) in [6.45, 7) is 4.27. The van der Waals surface area contributed by atoms with Crippen molar-refractivity contribution >= 4 is 16.9 Å². The van der Waals surface area contributed by atoms with Crippen molar-refractivity contribution in [2.45, 2.75) is 32.6 Å². The highest BCUT2D eigenvalue weighted by Crippen LogP contribution is 2.31. The van der Waals surface area contributed by atoms with E-state index in [-0.39, 0.29) is 0 Å². The van der Waals surface area contributed by atoms with Gasteiger partial charge in [-0.2, -0.15) is 0 Å². The monoisotopic (exact) mass is 462 g/mol. The number of aromatic amines is 1. The summed E-state index contributed by atoms with van der Waals surface area (Å²) in [7, 11) is 0. The Kier molecular flexibility index (Phi) is 6.06. The third-order valence-electron chi connectivity index (χ3n) is 5.98. The number of nitrogens with zero attached hydrogens (tertiary/aromatic N) is 4. The lowest BCUT2D eigenvalue weighted by Crippen LogP contribution is -2.11. The number of nitrogens with one attached hydrogen (secondary N) is 1. The maximum Gasteiger partial charge on any atom is 0.248 e. The number of hydrogen-bond donors (Lipinski definition) is 2. The normalized spacial score (nSPS) is 11.3. The molecule has 35 heavy (non-hydrogen) atoms. The number of carbonyl (C=O) groups excluding carboxylic acids is 1. The lowest BCUT2D eigenvalue weighted by atomic mass is 10.1. The van der Waals surface area contributed by atoms with Gasteiger partial charge in [0.15, 0.2) is 0 Å². The Morgan fingerprint density at radius 3 is 2.51 bits per heavy atom. The Balaban J connectivity index is 1.54. The summed E-state index contributed by atoms with van der Waals surface area (Å²) in [5.41, 5.74) is 13.1. The zero-order valence-electron chi connectivity index (χ0n) is 19.7. The van der Waals surface area contributed by atoms with Crippen LogP contribution in [0.3, 0.4) is 0 Å². The first-order chi connectivity index (χ1) is 17.0. The van der Waals surface area contributed by atoms with Gasteiger partial charge in [0.25, 0.3) is 0 Å². The van der Waals surface area contributed by atoms with Crippen LogP contribution in [0.1, 0.15) is 47.2 Å². The van der Waals surface area contributed by atoms with Crippen LogP contribution in [-0.4, -0.2) is 30.8 Å². The van der Waals surface area contributed by atoms with Gasteiger partial charge in [0.1, 0.15) is 5.82 Å². The predicted octanol–water partition coefficient (Wildman–Crippen LogP) is 5.09. The quantitative estimate of drug-likeness (QED) is 0.350. The average molecular weight is 463 g/mol. The van der Waals surface area contributed by atoms with Gasteiger partial charge in [-0.05, 0) is 54.3 Å². The van der Waals surface area contributed by atoms with E-state index in [1.807, 2.05) is 54.6 Å². The lowest BCUT2D eigenvalue weighted by molar-refractivity contribution is 0.1000. The number of aryl methyl sites for hydroxylation is 2. The molecular formula is C28H26N6O. The Hall–Kier alpha value is -4.39. The number of H-pyrrole nitrogens is 1. The van der Waals surface area contributed by atoms with E-state index in [2.05, 4.69) is 28.8 Å². The van der Waals surface area contributed by atoms with E-state index in [0.717, 1.165) is 57.2 Å². The molecule has 0 aliphatic heterocycles. The van der Waals surface area contributed by atoms with E-state index in [9.17, 15) is 4.79 Å². The van der Waals surface area contributed by atoms with Gasteiger partial charge >= 0.3 is 0 Å². The summed E-state index contributed by atoms with van der Waals surface area (Å²) in [6.07, 6.45) is 4.77. The molecule has 3 heterocycles. The molecule has 3 aromatic heterocycles. The SMILES string of the molecule is CC(C)c1cccc(-c2[nH]c(CCc3cccc(C(N)=O)c3)nc2-c2ccc3nccnc3c2)n1. The molecule has 7 nitrogen and oxygen atoms in total. The highest BCUT2D eigenvalue weighted by atomic mass is 16.1. The fourth-order valence-electron chi connectivity index (χ4n) is 4.10. The van der Waals surface area contributed by atoms with Crippen LogP contribution in [0.15, 0.2) is 73.1 Å². The Bertz CT molecular complexity index is 1520. The minimum atomic E-state index is -0.426. The van der Waals surface area contributed by atoms with Crippen LogP contribution in [0, 0.1) is 0 Å². The van der Waals surface area contributed by atoms with Crippen LogP contribution >= 0.6 is 0 Å². The number of primary amides is 1. The number of aromatic nitrogens is 5. The van der Waals surface area contributed by atoms with Crippen molar-refractivity contribution in [1.29, 1.82) is 0 Å². The zero-order valence-corrected chi connectivity index (χ0v) is 19.7.